The average Bonchev–Trinajstić information content (AvgIpc) is 2.60. The van der Waals surface area contributed by atoms with Crippen molar-refractivity contribution in [2.24, 2.45) is 0 Å². The minimum absolute atomic E-state index is 0.0319. The van der Waals surface area contributed by atoms with Crippen molar-refractivity contribution in [2.45, 2.75) is 51.6 Å². The van der Waals surface area contributed by atoms with Gasteiger partial charge in [-0.15, -0.1) is 0 Å². The molecule has 1 atom stereocenters. The third-order valence-corrected chi connectivity index (χ3v) is 3.44. The number of hydrogen-bond donors (Lipinski definition) is 2. The fourth-order valence-electron chi connectivity index (χ4n) is 2.58. The Morgan fingerprint density at radius 1 is 1.61 bits per heavy atom. The minimum atomic E-state index is -0.830. The first-order chi connectivity index (χ1) is 8.72. The van der Waals surface area contributed by atoms with Gasteiger partial charge in [0.15, 0.2) is 0 Å². The number of aromatic nitrogens is 2. The Morgan fingerprint density at radius 2 is 2.44 bits per heavy atom. The highest BCUT2D eigenvalue weighted by atomic mass is 16.4. The normalized spacial score (nSPS) is 19.3. The van der Waals surface area contributed by atoms with Gasteiger partial charge in [-0.25, -0.2) is 0 Å². The fraction of sp³-hybridized carbons (Fsp3) is 0.692. The average molecular weight is 251 g/mol. The molecule has 0 aliphatic heterocycles. The van der Waals surface area contributed by atoms with Gasteiger partial charge in [0.1, 0.15) is 6.54 Å². The SMILES string of the molecule is CCCNC1CCCCc2c1cnn2CC(=O)O. The summed E-state index contributed by atoms with van der Waals surface area (Å²) in [6.45, 7) is 3.11. The zero-order valence-corrected chi connectivity index (χ0v) is 10.9. The van der Waals surface area contributed by atoms with Crippen LogP contribution in [0.4, 0.5) is 0 Å². The van der Waals surface area contributed by atoms with Gasteiger partial charge in [0.05, 0.1) is 6.20 Å². The summed E-state index contributed by atoms with van der Waals surface area (Å²) in [5.74, 6) is -0.830. The second-order valence-electron chi connectivity index (χ2n) is 4.85. The first kappa shape index (κ1) is 13.1. The van der Waals surface area contributed by atoms with Crippen molar-refractivity contribution in [1.29, 1.82) is 0 Å². The maximum Gasteiger partial charge on any atom is 0.325 e. The number of hydrogen-bond acceptors (Lipinski definition) is 3. The summed E-state index contributed by atoms with van der Waals surface area (Å²) in [6.07, 6.45) is 7.30. The van der Waals surface area contributed by atoms with Gasteiger partial charge in [-0.3, -0.25) is 9.48 Å². The van der Waals surface area contributed by atoms with E-state index in [-0.39, 0.29) is 6.54 Å². The fourth-order valence-corrected chi connectivity index (χ4v) is 2.58. The second kappa shape index (κ2) is 6.00. The van der Waals surface area contributed by atoms with Crippen molar-refractivity contribution < 1.29 is 9.90 Å². The molecule has 1 aromatic rings. The van der Waals surface area contributed by atoms with Crippen molar-refractivity contribution in [3.63, 3.8) is 0 Å². The van der Waals surface area contributed by atoms with Crippen molar-refractivity contribution in [3.05, 3.63) is 17.5 Å². The molecule has 2 N–H and O–H groups in total. The molecule has 100 valence electrons. The lowest BCUT2D eigenvalue weighted by molar-refractivity contribution is -0.137. The molecule has 2 rings (SSSR count). The quantitative estimate of drug-likeness (QED) is 0.782. The highest BCUT2D eigenvalue weighted by Gasteiger charge is 2.22. The van der Waals surface area contributed by atoms with Crippen molar-refractivity contribution in [3.8, 4) is 0 Å². The maximum absolute atomic E-state index is 10.8. The zero-order valence-electron chi connectivity index (χ0n) is 10.9. The van der Waals surface area contributed by atoms with Gasteiger partial charge in [-0.1, -0.05) is 13.3 Å². The molecule has 18 heavy (non-hydrogen) atoms. The van der Waals surface area contributed by atoms with Gasteiger partial charge >= 0.3 is 5.97 Å². The predicted molar refractivity (Wildman–Crippen MR) is 68.5 cm³/mol. The number of aliphatic carboxylic acids is 1. The van der Waals surface area contributed by atoms with E-state index in [0.29, 0.717) is 6.04 Å². The molecule has 1 aromatic heterocycles. The highest BCUT2D eigenvalue weighted by Crippen LogP contribution is 2.28. The summed E-state index contributed by atoms with van der Waals surface area (Å²) < 4.78 is 1.64. The van der Waals surface area contributed by atoms with Gasteiger partial charge in [0, 0.05) is 17.3 Å². The molecule has 1 aliphatic rings. The van der Waals surface area contributed by atoms with Crippen LogP contribution in [0.1, 0.15) is 49.9 Å². The monoisotopic (exact) mass is 251 g/mol. The van der Waals surface area contributed by atoms with Crippen molar-refractivity contribution >= 4 is 5.97 Å². The Morgan fingerprint density at radius 3 is 3.17 bits per heavy atom. The number of nitrogens with one attached hydrogen (secondary N) is 1. The Kier molecular flexibility index (Phi) is 4.36. The summed E-state index contributed by atoms with van der Waals surface area (Å²) in [6, 6.07) is 0.338. The molecule has 1 heterocycles. The van der Waals surface area contributed by atoms with Crippen LogP contribution in [0.5, 0.6) is 0 Å². The molecule has 0 radical (unpaired) electrons. The van der Waals surface area contributed by atoms with Crippen LogP contribution in [0.3, 0.4) is 0 Å². The van der Waals surface area contributed by atoms with Gasteiger partial charge in [-0.2, -0.15) is 5.10 Å². The molecule has 0 amide bonds. The number of rotatable bonds is 5. The summed E-state index contributed by atoms with van der Waals surface area (Å²) in [7, 11) is 0. The van der Waals surface area contributed by atoms with Crippen LogP contribution in [-0.2, 0) is 17.8 Å². The Bertz CT molecular complexity index is 414. The van der Waals surface area contributed by atoms with Gasteiger partial charge in [-0.05, 0) is 32.2 Å². The third-order valence-electron chi connectivity index (χ3n) is 3.44. The molecule has 0 bridgehead atoms. The lowest BCUT2D eigenvalue weighted by atomic mass is 10.1. The minimum Gasteiger partial charge on any atom is -0.480 e. The molecule has 0 saturated carbocycles. The predicted octanol–water partition coefficient (Wildman–Crippen LogP) is 1.73. The molecule has 1 aliphatic carbocycles. The molecule has 5 nitrogen and oxygen atoms in total. The molecular formula is C13H21N3O2. The van der Waals surface area contributed by atoms with E-state index in [1.165, 1.54) is 12.0 Å². The molecule has 0 aromatic carbocycles. The number of nitrogens with zero attached hydrogens (tertiary/aromatic N) is 2. The topological polar surface area (TPSA) is 67.2 Å². The van der Waals surface area contributed by atoms with Crippen molar-refractivity contribution in [2.75, 3.05) is 6.54 Å². The van der Waals surface area contributed by atoms with E-state index in [9.17, 15) is 4.79 Å². The van der Waals surface area contributed by atoms with E-state index in [1.54, 1.807) is 4.68 Å². The summed E-state index contributed by atoms with van der Waals surface area (Å²) in [5, 5.41) is 16.7. The number of carboxylic acids is 1. The molecule has 5 heteroatoms. The van der Waals surface area contributed by atoms with Crippen LogP contribution < -0.4 is 5.32 Å². The summed E-state index contributed by atoms with van der Waals surface area (Å²) >= 11 is 0. The van der Waals surface area contributed by atoms with E-state index in [0.717, 1.165) is 37.9 Å². The molecule has 0 fully saturated rings. The standard InChI is InChI=1S/C13H21N3O2/c1-2-7-14-11-5-3-4-6-12-10(11)8-15-16(12)9-13(17)18/h8,11,14H,2-7,9H2,1H3,(H,17,18). The van der Waals surface area contributed by atoms with Crippen LogP contribution in [0, 0.1) is 0 Å². The Labute approximate surface area is 107 Å². The smallest absolute Gasteiger partial charge is 0.325 e. The van der Waals surface area contributed by atoms with Crippen LogP contribution in [0.25, 0.3) is 0 Å². The number of carbonyl (C=O) groups is 1. The zero-order chi connectivity index (χ0) is 13.0. The van der Waals surface area contributed by atoms with E-state index in [1.807, 2.05) is 6.20 Å². The van der Waals surface area contributed by atoms with Crippen LogP contribution >= 0.6 is 0 Å². The van der Waals surface area contributed by atoms with E-state index >= 15 is 0 Å². The summed E-state index contributed by atoms with van der Waals surface area (Å²) in [4.78, 5) is 10.8. The van der Waals surface area contributed by atoms with Crippen molar-refractivity contribution in [1.82, 2.24) is 15.1 Å². The highest BCUT2D eigenvalue weighted by molar-refractivity contribution is 5.66. The van der Waals surface area contributed by atoms with E-state index in [4.69, 9.17) is 5.11 Å². The van der Waals surface area contributed by atoms with Crippen LogP contribution in [0.2, 0.25) is 0 Å². The largest absolute Gasteiger partial charge is 0.480 e. The Balaban J connectivity index is 2.20. The number of carboxylic acid groups (broad SMARTS) is 1. The molecule has 0 spiro atoms. The van der Waals surface area contributed by atoms with Crippen LogP contribution in [0.15, 0.2) is 6.20 Å². The van der Waals surface area contributed by atoms with E-state index in [2.05, 4.69) is 17.3 Å². The van der Waals surface area contributed by atoms with E-state index < -0.39 is 5.97 Å². The van der Waals surface area contributed by atoms with Crippen LogP contribution in [-0.4, -0.2) is 27.4 Å². The third kappa shape index (κ3) is 2.90. The molecular weight excluding hydrogens is 230 g/mol. The lowest BCUT2D eigenvalue weighted by Gasteiger charge is -2.16. The Hall–Kier alpha value is -1.36. The lowest BCUT2D eigenvalue weighted by Crippen LogP contribution is -2.22. The first-order valence-electron chi connectivity index (χ1n) is 6.72. The molecule has 1 unspecified atom stereocenters. The second-order valence-corrected chi connectivity index (χ2v) is 4.85. The maximum atomic E-state index is 10.8. The number of fused-ring (bicyclic) bond motifs is 1. The van der Waals surface area contributed by atoms with Gasteiger partial charge in [0.2, 0.25) is 0 Å². The summed E-state index contributed by atoms with van der Waals surface area (Å²) in [5.41, 5.74) is 2.30. The first-order valence-corrected chi connectivity index (χ1v) is 6.72. The van der Waals surface area contributed by atoms with Gasteiger partial charge < -0.3 is 10.4 Å². The van der Waals surface area contributed by atoms with Gasteiger partial charge in [0.25, 0.3) is 0 Å². The molecule has 0 saturated heterocycles.